The lowest BCUT2D eigenvalue weighted by molar-refractivity contribution is -0.870. The highest BCUT2D eigenvalue weighted by molar-refractivity contribution is 5.71. The Bertz CT molecular complexity index is 2550. The monoisotopic (exact) mass is 1450 g/mol. The Labute approximate surface area is 645 Å². The topological polar surface area (TPSA) is 108 Å². The second-order valence-electron chi connectivity index (χ2n) is 28.3. The Kier molecular flexibility index (Phi) is 78.2. The molecule has 0 aromatic carbocycles. The first kappa shape index (κ1) is 98.6. The highest BCUT2D eigenvalue weighted by atomic mass is 16.7. The van der Waals surface area contributed by atoms with Crippen LogP contribution in [0.2, 0.25) is 0 Å². The zero-order chi connectivity index (χ0) is 76.0. The van der Waals surface area contributed by atoms with Crippen LogP contribution in [-0.4, -0.2) is 87.4 Å². The first-order valence-corrected chi connectivity index (χ1v) is 41.9. The van der Waals surface area contributed by atoms with Crippen LogP contribution in [0.15, 0.2) is 219 Å². The fourth-order valence-electron chi connectivity index (χ4n) is 10.9. The summed E-state index contributed by atoms with van der Waals surface area (Å²) >= 11 is 0. The van der Waals surface area contributed by atoms with Crippen LogP contribution in [0.4, 0.5) is 0 Å². The van der Waals surface area contributed by atoms with Crippen molar-refractivity contribution in [1.82, 2.24) is 0 Å². The summed E-state index contributed by atoms with van der Waals surface area (Å²) in [5, 5.41) is 9.79. The van der Waals surface area contributed by atoms with Gasteiger partial charge in [0.15, 0.2) is 6.10 Å². The van der Waals surface area contributed by atoms with Gasteiger partial charge < -0.3 is 28.5 Å². The molecule has 0 aliphatic heterocycles. The maximum atomic E-state index is 13.0. The fourth-order valence-corrected chi connectivity index (χ4v) is 10.9. The van der Waals surface area contributed by atoms with E-state index in [2.05, 4.69) is 233 Å². The fraction of sp³-hybridized carbons (Fsp3) is 0.594. The number of carbonyl (C=O) groups is 3. The third-order valence-electron chi connectivity index (χ3n) is 17.2. The van der Waals surface area contributed by atoms with E-state index in [0.29, 0.717) is 17.4 Å². The maximum absolute atomic E-state index is 13.0. The van der Waals surface area contributed by atoms with Crippen LogP contribution in [0.1, 0.15) is 309 Å². The van der Waals surface area contributed by atoms with E-state index in [0.717, 1.165) is 161 Å². The SMILES string of the molecule is CC/C=C\C/C=C\C/C=C\C/C=C\C/C=C\C/C=C\C/C=C\C/C=C\C/C=C\C/C=C\C/C=C\CCCCCCCCCC(=O)OC(COC(=O)CCCCCCCCCCCCCCCCCCC/C=C\C/C=C\C/C=C\C/C=C\C/C=C\C/C=C\C/C=C\CC)COC(OCC[N+](C)(C)C)C(=O)O. The van der Waals surface area contributed by atoms with Gasteiger partial charge in [0.1, 0.15) is 13.2 Å². The first-order valence-electron chi connectivity index (χ1n) is 41.9. The number of esters is 2. The van der Waals surface area contributed by atoms with Crippen molar-refractivity contribution in [2.75, 3.05) is 47.5 Å². The number of quaternary nitrogens is 1. The number of allylic oxidation sites excluding steroid dienone is 36. The van der Waals surface area contributed by atoms with E-state index >= 15 is 0 Å². The van der Waals surface area contributed by atoms with Crippen molar-refractivity contribution < 1.29 is 42.9 Å². The quantitative estimate of drug-likeness (QED) is 0.0211. The Morgan fingerprint density at radius 2 is 0.514 bits per heavy atom. The van der Waals surface area contributed by atoms with Gasteiger partial charge in [0.05, 0.1) is 34.4 Å². The lowest BCUT2D eigenvalue weighted by atomic mass is 10.0. The molecule has 0 heterocycles. The predicted molar refractivity (Wildman–Crippen MR) is 455 cm³/mol. The van der Waals surface area contributed by atoms with E-state index in [4.69, 9.17) is 18.9 Å². The number of rotatable bonds is 75. The van der Waals surface area contributed by atoms with E-state index in [9.17, 15) is 19.5 Å². The average molecular weight is 1450 g/mol. The summed E-state index contributed by atoms with van der Waals surface area (Å²) in [4.78, 5) is 37.8. The molecule has 0 aliphatic carbocycles. The van der Waals surface area contributed by atoms with Gasteiger partial charge in [0.2, 0.25) is 0 Å². The molecule has 0 fully saturated rings. The van der Waals surface area contributed by atoms with Crippen molar-refractivity contribution in [2.24, 2.45) is 0 Å². The van der Waals surface area contributed by atoms with Crippen LogP contribution in [0.3, 0.4) is 0 Å². The Morgan fingerprint density at radius 3 is 0.762 bits per heavy atom. The summed E-state index contributed by atoms with van der Waals surface area (Å²) in [6, 6.07) is 0. The lowest BCUT2D eigenvalue weighted by Crippen LogP contribution is -2.40. The van der Waals surface area contributed by atoms with Gasteiger partial charge in [-0.05, 0) is 154 Å². The molecule has 0 amide bonds. The van der Waals surface area contributed by atoms with Crippen molar-refractivity contribution >= 4 is 17.9 Å². The van der Waals surface area contributed by atoms with Crippen molar-refractivity contribution in [3.63, 3.8) is 0 Å². The minimum Gasteiger partial charge on any atom is -0.477 e. The summed E-state index contributed by atoms with van der Waals surface area (Å²) in [7, 11) is 5.97. The highest BCUT2D eigenvalue weighted by Gasteiger charge is 2.25. The molecule has 0 radical (unpaired) electrons. The number of likely N-dealkylation sites (N-methyl/N-ethyl adjacent to an activating group) is 1. The van der Waals surface area contributed by atoms with Gasteiger partial charge in [-0.2, -0.15) is 0 Å². The number of nitrogens with zero attached hydrogens (tertiary/aromatic N) is 1. The molecule has 0 bridgehead atoms. The maximum Gasteiger partial charge on any atom is 0.361 e. The molecule has 0 saturated carbocycles. The molecule has 105 heavy (non-hydrogen) atoms. The number of carboxylic acids is 1. The number of carboxylic acid groups (broad SMARTS) is 1. The van der Waals surface area contributed by atoms with E-state index < -0.39 is 24.3 Å². The summed E-state index contributed by atoms with van der Waals surface area (Å²) in [6.07, 6.45) is 128. The smallest absolute Gasteiger partial charge is 0.361 e. The number of hydrogen-bond acceptors (Lipinski definition) is 7. The van der Waals surface area contributed by atoms with Gasteiger partial charge in [0.25, 0.3) is 6.29 Å². The third-order valence-corrected chi connectivity index (χ3v) is 17.2. The molecular weight excluding hydrogens is 1300 g/mol. The summed E-state index contributed by atoms with van der Waals surface area (Å²) < 4.78 is 23.0. The van der Waals surface area contributed by atoms with Gasteiger partial charge in [-0.3, -0.25) is 9.59 Å². The molecule has 9 heteroatoms. The zero-order valence-corrected chi connectivity index (χ0v) is 67.5. The number of unbranched alkanes of at least 4 members (excludes halogenated alkanes) is 24. The van der Waals surface area contributed by atoms with Crippen LogP contribution >= 0.6 is 0 Å². The van der Waals surface area contributed by atoms with E-state index in [1.807, 2.05) is 21.1 Å². The molecule has 0 aromatic rings. The molecule has 1 N–H and O–H groups in total. The van der Waals surface area contributed by atoms with Crippen molar-refractivity contribution in [1.29, 1.82) is 0 Å². The number of aliphatic carboxylic acids is 1. The third kappa shape index (κ3) is 84.7. The van der Waals surface area contributed by atoms with Crippen LogP contribution in [0, 0.1) is 0 Å². The molecule has 9 nitrogen and oxygen atoms in total. The molecule has 0 aliphatic rings. The summed E-state index contributed by atoms with van der Waals surface area (Å²) in [5.74, 6) is -2.03. The molecule has 590 valence electrons. The van der Waals surface area contributed by atoms with E-state index in [1.165, 1.54) is 116 Å². The van der Waals surface area contributed by atoms with Gasteiger partial charge in [0, 0.05) is 12.8 Å². The zero-order valence-electron chi connectivity index (χ0n) is 67.5. The molecule has 0 aromatic heterocycles. The molecule has 2 atom stereocenters. The van der Waals surface area contributed by atoms with Gasteiger partial charge in [-0.15, -0.1) is 0 Å². The van der Waals surface area contributed by atoms with Crippen LogP contribution in [0.5, 0.6) is 0 Å². The van der Waals surface area contributed by atoms with E-state index in [1.54, 1.807) is 0 Å². The molecular formula is C96H154NO8+. The summed E-state index contributed by atoms with van der Waals surface area (Å²) in [6.45, 7) is 4.63. The van der Waals surface area contributed by atoms with Crippen LogP contribution in [-0.2, 0) is 33.3 Å². The van der Waals surface area contributed by atoms with Crippen LogP contribution in [0.25, 0.3) is 0 Å². The second kappa shape index (κ2) is 83.3. The number of hydrogen-bond donors (Lipinski definition) is 1. The van der Waals surface area contributed by atoms with Crippen molar-refractivity contribution in [3.05, 3.63) is 219 Å². The highest BCUT2D eigenvalue weighted by Crippen LogP contribution is 2.17. The predicted octanol–water partition coefficient (Wildman–Crippen LogP) is 27.6. The van der Waals surface area contributed by atoms with Gasteiger partial charge in [-0.1, -0.05) is 361 Å². The minimum atomic E-state index is -1.53. The lowest BCUT2D eigenvalue weighted by Gasteiger charge is -2.25. The Morgan fingerprint density at radius 1 is 0.286 bits per heavy atom. The van der Waals surface area contributed by atoms with Crippen molar-refractivity contribution in [3.8, 4) is 0 Å². The minimum absolute atomic E-state index is 0.176. The first-order chi connectivity index (χ1) is 51.6. The van der Waals surface area contributed by atoms with Crippen molar-refractivity contribution in [2.45, 2.75) is 322 Å². The summed E-state index contributed by atoms with van der Waals surface area (Å²) in [5.41, 5.74) is 0. The van der Waals surface area contributed by atoms with Gasteiger partial charge >= 0.3 is 17.9 Å². The normalized spacial score (nSPS) is 13.8. The molecule has 2 unspecified atom stereocenters. The Hall–Kier alpha value is -6.39. The van der Waals surface area contributed by atoms with E-state index in [-0.39, 0.29) is 38.6 Å². The molecule has 0 rings (SSSR count). The number of carbonyl (C=O) groups excluding carboxylic acids is 2. The standard InChI is InChI=1S/C96H153NO8/c1-6-8-10-12-14-16-18-20-22-24-26-28-30-32-34-36-38-40-42-44-46-47-49-51-53-55-57-59-61-63-65-67-69-71-73-75-77-79-81-83-85-87-94(99)105-92(91-104-96(95(100)101)102-89-88-97(3,4)5)90-103-93(98)86-84-82-80-78-76-74-72-70-68-66-64-62-60-58-56-54-52-50-48-45-43-41-39-37-35-33-31-29-27-25-23-21-19-17-15-13-11-9-7-2/h8-11,14-17,20-23,26-29,32-35,38-41,44-46,48-49,51,55,57,61,63,67,69,92,96H,6-7,12-13,18-19,24-25,30-31,36-37,42-43,47,50,52-54,56,58-60,62,64-66,68,70-91H2,1-5H3/p+1/b10-8-,11-9-,16-14-,17-15-,22-20-,23-21-,28-26-,29-27-,34-32-,35-33-,40-38-,41-39-,46-44-,48-45-,51-49-,57-55-,63-61-,69-67-. The van der Waals surface area contributed by atoms with Gasteiger partial charge in [-0.25, -0.2) is 4.79 Å². The molecule has 0 spiro atoms. The van der Waals surface area contributed by atoms with Crippen LogP contribution < -0.4 is 0 Å². The number of ether oxygens (including phenoxy) is 4. The Balaban J connectivity index is 4.11. The average Bonchev–Trinajstić information content (AvgIpc) is 1.18. The largest absolute Gasteiger partial charge is 0.477 e. The second-order valence-corrected chi connectivity index (χ2v) is 28.3. The molecule has 0 saturated heterocycles.